The summed E-state index contributed by atoms with van der Waals surface area (Å²) in [4.78, 5) is 3.65. The van der Waals surface area contributed by atoms with Crippen LogP contribution in [0.15, 0.2) is 29.2 Å². The van der Waals surface area contributed by atoms with Crippen molar-refractivity contribution in [3.63, 3.8) is 0 Å². The number of rotatable bonds is 0. The molecule has 1 heterocycles. The topological polar surface area (TPSA) is 47.6 Å². The second-order valence-electron chi connectivity index (χ2n) is 1.29. The van der Waals surface area contributed by atoms with Crippen LogP contribution in [-0.2, 0) is 4.74 Å². The molecular formula is C5H6N2O. The van der Waals surface area contributed by atoms with Crippen LogP contribution in [0.25, 0.3) is 0 Å². The van der Waals surface area contributed by atoms with Crippen molar-refractivity contribution >= 4 is 6.40 Å². The van der Waals surface area contributed by atoms with Crippen molar-refractivity contribution in [2.45, 2.75) is 0 Å². The Bertz CT molecular complexity index is 158. The van der Waals surface area contributed by atoms with E-state index in [0.717, 1.165) is 0 Å². The zero-order valence-corrected chi connectivity index (χ0v) is 4.24. The van der Waals surface area contributed by atoms with Gasteiger partial charge in [-0.25, -0.2) is 4.99 Å². The summed E-state index contributed by atoms with van der Waals surface area (Å²) in [6.07, 6.45) is 6.13. The van der Waals surface area contributed by atoms with Crippen LogP contribution in [-0.4, -0.2) is 6.40 Å². The smallest absolute Gasteiger partial charge is 0.182 e. The van der Waals surface area contributed by atoms with E-state index >= 15 is 0 Å². The molecule has 0 amide bonds. The Morgan fingerprint density at radius 2 is 2.50 bits per heavy atom. The molecule has 0 bridgehead atoms. The quantitative estimate of drug-likeness (QED) is 0.489. The maximum Gasteiger partial charge on any atom is 0.182 e. The van der Waals surface area contributed by atoms with Crippen LogP contribution in [0.4, 0.5) is 0 Å². The molecule has 1 rings (SSSR count). The van der Waals surface area contributed by atoms with E-state index in [2.05, 4.69) is 9.73 Å². The first kappa shape index (κ1) is 4.90. The van der Waals surface area contributed by atoms with Gasteiger partial charge in [0.05, 0.1) is 6.26 Å². The van der Waals surface area contributed by atoms with Crippen LogP contribution < -0.4 is 5.73 Å². The highest BCUT2D eigenvalue weighted by atomic mass is 16.5. The lowest BCUT2D eigenvalue weighted by Crippen LogP contribution is -1.91. The molecule has 0 radical (unpaired) electrons. The van der Waals surface area contributed by atoms with Crippen LogP contribution in [0.5, 0.6) is 0 Å². The molecule has 0 saturated carbocycles. The number of hydrogen-bond donors (Lipinski definition) is 1. The Morgan fingerprint density at radius 1 is 1.62 bits per heavy atom. The first-order valence-electron chi connectivity index (χ1n) is 2.20. The van der Waals surface area contributed by atoms with Gasteiger partial charge in [-0.1, -0.05) is 0 Å². The lowest BCUT2D eigenvalue weighted by molar-refractivity contribution is 0.495. The second kappa shape index (κ2) is 2.16. The molecule has 8 heavy (non-hydrogen) atoms. The molecule has 0 atom stereocenters. The van der Waals surface area contributed by atoms with Gasteiger partial charge < -0.3 is 10.5 Å². The molecule has 0 fully saturated rings. The minimum absolute atomic E-state index is 0.457. The third-order valence-corrected chi connectivity index (χ3v) is 0.687. The standard InChI is InChI=1S/C5H6N2O/c6-5-2-1-3-8-4-7-5/h1-4H,6H2. The van der Waals surface area contributed by atoms with Gasteiger partial charge >= 0.3 is 0 Å². The number of allylic oxidation sites excluding steroid dienone is 2. The molecule has 0 spiro atoms. The maximum atomic E-state index is 5.27. The van der Waals surface area contributed by atoms with Gasteiger partial charge in [-0.3, -0.25) is 0 Å². The molecule has 2 N–H and O–H groups in total. The molecule has 1 aliphatic rings. The fraction of sp³-hybridized carbons (Fsp3) is 0. The van der Waals surface area contributed by atoms with Crippen molar-refractivity contribution in [2.24, 2.45) is 10.7 Å². The van der Waals surface area contributed by atoms with Crippen LogP contribution in [0.2, 0.25) is 0 Å². The predicted octanol–water partition coefficient (Wildman–Crippen LogP) is 0.359. The minimum atomic E-state index is 0.457. The van der Waals surface area contributed by atoms with Gasteiger partial charge in [0.15, 0.2) is 6.40 Å². The first-order valence-corrected chi connectivity index (χ1v) is 2.20. The molecule has 1 aliphatic heterocycles. The SMILES string of the molecule is NC1=CC=COC=N1. The summed E-state index contributed by atoms with van der Waals surface area (Å²) in [5.74, 6) is 0.457. The van der Waals surface area contributed by atoms with E-state index in [4.69, 9.17) is 5.73 Å². The summed E-state index contributed by atoms with van der Waals surface area (Å²) in [5, 5.41) is 0. The summed E-state index contributed by atoms with van der Waals surface area (Å²) < 4.78 is 4.66. The molecule has 0 aromatic rings. The van der Waals surface area contributed by atoms with Crippen LogP contribution >= 0.6 is 0 Å². The Hall–Kier alpha value is -1.25. The van der Waals surface area contributed by atoms with E-state index in [9.17, 15) is 0 Å². The van der Waals surface area contributed by atoms with E-state index in [1.165, 1.54) is 12.7 Å². The Morgan fingerprint density at radius 3 is 3.38 bits per heavy atom. The molecule has 3 heteroatoms. The number of ether oxygens (including phenoxy) is 1. The largest absolute Gasteiger partial charge is 0.453 e. The van der Waals surface area contributed by atoms with E-state index < -0.39 is 0 Å². The lowest BCUT2D eigenvalue weighted by atomic mass is 10.5. The Labute approximate surface area is 47.2 Å². The molecular weight excluding hydrogens is 104 g/mol. The van der Waals surface area contributed by atoms with Gasteiger partial charge in [-0.15, -0.1) is 0 Å². The first-order chi connectivity index (χ1) is 3.89. The maximum absolute atomic E-state index is 5.27. The normalized spacial score (nSPS) is 16.8. The van der Waals surface area contributed by atoms with E-state index in [-0.39, 0.29) is 0 Å². The fourth-order valence-corrected chi connectivity index (χ4v) is 0.353. The number of nitrogens with two attached hydrogens (primary N) is 1. The molecule has 0 saturated heterocycles. The summed E-state index contributed by atoms with van der Waals surface area (Å²) in [6, 6.07) is 0. The summed E-state index contributed by atoms with van der Waals surface area (Å²) in [5.41, 5.74) is 5.27. The summed E-state index contributed by atoms with van der Waals surface area (Å²) >= 11 is 0. The lowest BCUT2D eigenvalue weighted by Gasteiger charge is -1.82. The fourth-order valence-electron chi connectivity index (χ4n) is 0.353. The number of hydrogen-bond acceptors (Lipinski definition) is 3. The Kier molecular flexibility index (Phi) is 1.32. The van der Waals surface area contributed by atoms with E-state index in [1.54, 1.807) is 12.2 Å². The molecule has 0 aromatic heterocycles. The summed E-state index contributed by atoms with van der Waals surface area (Å²) in [7, 11) is 0. The van der Waals surface area contributed by atoms with Crippen molar-refractivity contribution in [3.8, 4) is 0 Å². The van der Waals surface area contributed by atoms with Crippen molar-refractivity contribution < 1.29 is 4.74 Å². The summed E-state index contributed by atoms with van der Waals surface area (Å²) in [6.45, 7) is 0. The average molecular weight is 110 g/mol. The Balaban J connectivity index is 2.73. The van der Waals surface area contributed by atoms with Gasteiger partial charge in [0, 0.05) is 0 Å². The van der Waals surface area contributed by atoms with Crippen molar-refractivity contribution in [1.82, 2.24) is 0 Å². The third-order valence-electron chi connectivity index (χ3n) is 0.687. The second-order valence-corrected chi connectivity index (χ2v) is 1.29. The van der Waals surface area contributed by atoms with Gasteiger partial charge in [-0.2, -0.15) is 0 Å². The molecule has 0 unspecified atom stereocenters. The molecule has 42 valence electrons. The predicted molar refractivity (Wildman–Crippen MR) is 31.0 cm³/mol. The molecule has 0 aliphatic carbocycles. The minimum Gasteiger partial charge on any atom is -0.453 e. The van der Waals surface area contributed by atoms with Gasteiger partial charge in [0.2, 0.25) is 0 Å². The zero-order valence-electron chi connectivity index (χ0n) is 4.24. The highest BCUT2D eigenvalue weighted by Gasteiger charge is 1.81. The number of nitrogens with zero attached hydrogens (tertiary/aromatic N) is 1. The average Bonchev–Trinajstić information content (AvgIpc) is 1.94. The van der Waals surface area contributed by atoms with Crippen LogP contribution in [0.3, 0.4) is 0 Å². The molecule has 0 aromatic carbocycles. The number of aliphatic imine (C=N–C) groups is 1. The van der Waals surface area contributed by atoms with Crippen molar-refractivity contribution in [3.05, 3.63) is 24.2 Å². The zero-order chi connectivity index (χ0) is 5.82. The monoisotopic (exact) mass is 110 g/mol. The van der Waals surface area contributed by atoms with Crippen molar-refractivity contribution in [1.29, 1.82) is 0 Å². The van der Waals surface area contributed by atoms with Crippen LogP contribution in [0.1, 0.15) is 0 Å². The third kappa shape index (κ3) is 1.11. The van der Waals surface area contributed by atoms with Crippen LogP contribution in [0, 0.1) is 0 Å². The van der Waals surface area contributed by atoms with Gasteiger partial charge in [0.1, 0.15) is 5.82 Å². The molecule has 3 nitrogen and oxygen atoms in total. The highest BCUT2D eigenvalue weighted by Crippen LogP contribution is 1.90. The highest BCUT2D eigenvalue weighted by molar-refractivity contribution is 5.50. The van der Waals surface area contributed by atoms with Crippen molar-refractivity contribution in [2.75, 3.05) is 0 Å². The van der Waals surface area contributed by atoms with Gasteiger partial charge in [-0.05, 0) is 12.2 Å². The van der Waals surface area contributed by atoms with E-state index in [0.29, 0.717) is 5.82 Å². The van der Waals surface area contributed by atoms with E-state index in [1.807, 2.05) is 0 Å². The van der Waals surface area contributed by atoms with Gasteiger partial charge in [0.25, 0.3) is 0 Å².